The molecule has 1 N–H and O–H groups in total. The van der Waals surface area contributed by atoms with Crippen LogP contribution < -0.4 is 9.62 Å². The van der Waals surface area contributed by atoms with Crippen LogP contribution in [0.2, 0.25) is 5.02 Å². The van der Waals surface area contributed by atoms with Crippen LogP contribution in [0.15, 0.2) is 63.8 Å². The quantitative estimate of drug-likeness (QED) is 0.356. The van der Waals surface area contributed by atoms with Crippen molar-refractivity contribution >= 4 is 61.4 Å². The first-order chi connectivity index (χ1) is 14.4. The first-order valence-electron chi connectivity index (χ1n) is 8.99. The Morgan fingerprint density at radius 2 is 1.93 bits per heavy atom. The Balaban J connectivity index is 1.84. The predicted octanol–water partition coefficient (Wildman–Crippen LogP) is 4.53. The van der Waals surface area contributed by atoms with Gasteiger partial charge >= 0.3 is 0 Å². The highest BCUT2D eigenvalue weighted by molar-refractivity contribution is 8.01. The van der Waals surface area contributed by atoms with Gasteiger partial charge in [-0.15, -0.1) is 10.2 Å². The molecule has 0 aliphatic rings. The van der Waals surface area contributed by atoms with Gasteiger partial charge in [-0.1, -0.05) is 65.9 Å². The Morgan fingerprint density at radius 3 is 2.63 bits per heavy atom. The number of anilines is 2. The summed E-state index contributed by atoms with van der Waals surface area (Å²) in [4.78, 5) is 12.7. The number of amides is 1. The smallest absolute Gasteiger partial charge is 0.264 e. The Hall–Kier alpha value is -2.14. The zero-order valence-electron chi connectivity index (χ0n) is 16.0. The number of carbonyl (C=O) groups is 1. The minimum absolute atomic E-state index is 0.0759. The van der Waals surface area contributed by atoms with Crippen LogP contribution in [-0.4, -0.2) is 36.8 Å². The summed E-state index contributed by atoms with van der Waals surface area (Å²) in [6.45, 7) is 1.63. The first kappa shape index (κ1) is 22.5. The van der Waals surface area contributed by atoms with Gasteiger partial charge in [0.15, 0.2) is 4.34 Å². The van der Waals surface area contributed by atoms with Crippen molar-refractivity contribution < 1.29 is 13.2 Å². The number of thioether (sulfide) groups is 1. The number of hydrogen-bond acceptors (Lipinski definition) is 7. The van der Waals surface area contributed by atoms with E-state index in [-0.39, 0.29) is 10.6 Å². The Kier molecular flexibility index (Phi) is 7.70. The second-order valence-electron chi connectivity index (χ2n) is 6.07. The van der Waals surface area contributed by atoms with Crippen LogP contribution in [-0.2, 0) is 14.8 Å². The lowest BCUT2D eigenvalue weighted by Gasteiger charge is -2.24. The molecule has 0 unspecified atom stereocenters. The van der Waals surface area contributed by atoms with E-state index in [0.29, 0.717) is 10.2 Å². The molecule has 0 bridgehead atoms. The number of nitrogens with one attached hydrogen (secondary N) is 1. The second-order valence-corrected chi connectivity index (χ2v) is 10.7. The molecule has 1 amide bonds. The zero-order valence-corrected chi connectivity index (χ0v) is 19.2. The highest BCUT2D eigenvalue weighted by Gasteiger charge is 2.27. The van der Waals surface area contributed by atoms with Gasteiger partial charge in [0.2, 0.25) is 11.0 Å². The summed E-state index contributed by atoms with van der Waals surface area (Å²) in [6.07, 6.45) is 0.998. The largest absolute Gasteiger partial charge is 0.299 e. The highest BCUT2D eigenvalue weighted by Crippen LogP contribution is 2.28. The van der Waals surface area contributed by atoms with E-state index >= 15 is 0 Å². The number of halogens is 1. The minimum atomic E-state index is -3.99. The molecule has 11 heteroatoms. The van der Waals surface area contributed by atoms with Gasteiger partial charge in [0.05, 0.1) is 10.6 Å². The molecule has 0 aliphatic heterocycles. The van der Waals surface area contributed by atoms with E-state index in [2.05, 4.69) is 22.4 Å². The van der Waals surface area contributed by atoms with E-state index in [4.69, 9.17) is 11.6 Å². The van der Waals surface area contributed by atoms with Gasteiger partial charge in [0.1, 0.15) is 6.54 Å². The number of hydrogen-bond donors (Lipinski definition) is 1. The van der Waals surface area contributed by atoms with Crippen molar-refractivity contribution in [1.82, 2.24) is 10.2 Å². The van der Waals surface area contributed by atoms with Crippen LogP contribution in [0.25, 0.3) is 0 Å². The van der Waals surface area contributed by atoms with Crippen molar-refractivity contribution in [2.24, 2.45) is 0 Å². The fourth-order valence-corrected chi connectivity index (χ4v) is 5.77. The molecule has 3 aromatic rings. The van der Waals surface area contributed by atoms with Crippen LogP contribution in [0.3, 0.4) is 0 Å². The third-order valence-electron chi connectivity index (χ3n) is 3.80. The third kappa shape index (κ3) is 5.72. The number of benzene rings is 2. The van der Waals surface area contributed by atoms with Crippen LogP contribution >= 0.6 is 34.7 Å². The Labute approximate surface area is 188 Å². The molecule has 0 saturated heterocycles. The molecular weight excluding hydrogens is 464 g/mol. The van der Waals surface area contributed by atoms with Gasteiger partial charge < -0.3 is 0 Å². The monoisotopic (exact) mass is 482 g/mol. The zero-order chi connectivity index (χ0) is 21.6. The topological polar surface area (TPSA) is 92.3 Å². The van der Waals surface area contributed by atoms with Crippen LogP contribution in [0.1, 0.15) is 13.3 Å². The van der Waals surface area contributed by atoms with Crippen molar-refractivity contribution in [2.75, 3.05) is 21.9 Å². The van der Waals surface area contributed by atoms with Crippen molar-refractivity contribution in [3.8, 4) is 0 Å². The molecule has 0 fully saturated rings. The highest BCUT2D eigenvalue weighted by atomic mass is 35.5. The number of aromatic nitrogens is 2. The van der Waals surface area contributed by atoms with Gasteiger partial charge in [0.25, 0.3) is 10.0 Å². The Morgan fingerprint density at radius 1 is 1.17 bits per heavy atom. The first-order valence-corrected chi connectivity index (χ1v) is 12.6. The average Bonchev–Trinajstić information content (AvgIpc) is 3.18. The molecule has 2 aromatic carbocycles. The molecule has 0 radical (unpaired) electrons. The maximum Gasteiger partial charge on any atom is 0.264 e. The lowest BCUT2D eigenvalue weighted by Crippen LogP contribution is -2.38. The van der Waals surface area contributed by atoms with E-state index in [0.717, 1.165) is 20.8 Å². The van der Waals surface area contributed by atoms with Gasteiger partial charge in [-0.3, -0.25) is 14.4 Å². The third-order valence-corrected chi connectivity index (χ3v) is 8.00. The summed E-state index contributed by atoms with van der Waals surface area (Å²) < 4.78 is 28.2. The summed E-state index contributed by atoms with van der Waals surface area (Å²) in [5.41, 5.74) is 0.290. The van der Waals surface area contributed by atoms with Crippen molar-refractivity contribution in [2.45, 2.75) is 22.6 Å². The van der Waals surface area contributed by atoms with E-state index in [1.807, 2.05) is 0 Å². The molecule has 1 aromatic heterocycles. The van der Waals surface area contributed by atoms with Crippen LogP contribution in [0, 0.1) is 0 Å². The van der Waals surface area contributed by atoms with Gasteiger partial charge in [-0.05, 0) is 36.8 Å². The molecular formula is C19H19ClN4O3S3. The van der Waals surface area contributed by atoms with Gasteiger partial charge in [0, 0.05) is 10.8 Å². The van der Waals surface area contributed by atoms with Crippen LogP contribution in [0.5, 0.6) is 0 Å². The normalized spacial score (nSPS) is 11.3. The molecule has 0 saturated carbocycles. The maximum atomic E-state index is 13.2. The van der Waals surface area contributed by atoms with Crippen LogP contribution in [0.4, 0.5) is 10.8 Å². The van der Waals surface area contributed by atoms with E-state index < -0.39 is 22.5 Å². The molecule has 1 heterocycles. The van der Waals surface area contributed by atoms with E-state index in [1.165, 1.54) is 29.5 Å². The van der Waals surface area contributed by atoms with E-state index in [1.54, 1.807) is 48.2 Å². The van der Waals surface area contributed by atoms with E-state index in [9.17, 15) is 13.2 Å². The summed E-state index contributed by atoms with van der Waals surface area (Å²) in [7, 11) is -3.99. The summed E-state index contributed by atoms with van der Waals surface area (Å²) in [5.74, 6) is 0.373. The fraction of sp³-hybridized carbons (Fsp3) is 0.211. The predicted molar refractivity (Wildman–Crippen MR) is 122 cm³/mol. The fourth-order valence-electron chi connectivity index (χ4n) is 2.46. The van der Waals surface area contributed by atoms with Gasteiger partial charge in [-0.25, -0.2) is 8.42 Å². The molecule has 0 atom stereocenters. The molecule has 3 rings (SSSR count). The van der Waals surface area contributed by atoms with Crippen molar-refractivity contribution in [1.29, 1.82) is 0 Å². The molecule has 0 aliphatic carbocycles. The lowest BCUT2D eigenvalue weighted by atomic mass is 10.3. The summed E-state index contributed by atoms with van der Waals surface area (Å²) >= 11 is 8.86. The average molecular weight is 483 g/mol. The lowest BCUT2D eigenvalue weighted by molar-refractivity contribution is -0.114. The Bertz CT molecular complexity index is 1110. The SMILES string of the molecule is CCCSc1nnc(NC(=O)CN(c2cccc(Cl)c2)S(=O)(=O)c2ccccc2)s1. The van der Waals surface area contributed by atoms with Gasteiger partial charge in [-0.2, -0.15) is 0 Å². The second kappa shape index (κ2) is 10.3. The van der Waals surface area contributed by atoms with Crippen molar-refractivity contribution in [3.05, 3.63) is 59.6 Å². The summed E-state index contributed by atoms with van der Waals surface area (Å²) in [5, 5.41) is 11.3. The molecule has 158 valence electrons. The number of sulfonamides is 1. The molecule has 30 heavy (non-hydrogen) atoms. The number of carbonyl (C=O) groups excluding carboxylic acids is 1. The maximum absolute atomic E-state index is 13.2. The standard InChI is InChI=1S/C19H19ClN4O3S3/c1-2-11-28-19-23-22-18(29-19)21-17(25)13-24(15-8-6-7-14(20)12-15)30(26,27)16-9-4-3-5-10-16/h3-10,12H,2,11,13H2,1H3,(H,21,22,25). The molecule has 0 spiro atoms. The summed E-state index contributed by atoms with van der Waals surface area (Å²) in [6, 6.07) is 14.3. The number of nitrogens with zero attached hydrogens (tertiary/aromatic N) is 3. The molecule has 7 nitrogen and oxygen atoms in total. The minimum Gasteiger partial charge on any atom is -0.299 e. The number of rotatable bonds is 9. The van der Waals surface area contributed by atoms with Crippen molar-refractivity contribution in [3.63, 3.8) is 0 Å².